The molecule has 2 aromatic rings. The number of aromatic hydroxyl groups is 1. The molecule has 0 atom stereocenters. The Kier molecular flexibility index (Phi) is 7.26. The van der Waals surface area contributed by atoms with Crippen LogP contribution in [0, 0.1) is 19.8 Å². The highest BCUT2D eigenvalue weighted by Gasteiger charge is 2.31. The van der Waals surface area contributed by atoms with Gasteiger partial charge in [-0.05, 0) is 74.8 Å². The van der Waals surface area contributed by atoms with E-state index in [1.165, 1.54) is 6.07 Å². The maximum absolute atomic E-state index is 13.0. The summed E-state index contributed by atoms with van der Waals surface area (Å²) in [5, 5.41) is 16.4. The van der Waals surface area contributed by atoms with Crippen LogP contribution in [0.15, 0.2) is 36.4 Å². The Bertz CT molecular complexity index is 920. The second-order valence-electron chi connectivity index (χ2n) is 8.48. The van der Waals surface area contributed by atoms with Crippen molar-refractivity contribution in [1.82, 2.24) is 10.6 Å². The minimum atomic E-state index is -4.47. The average molecular weight is 435 g/mol. The molecule has 0 saturated heterocycles. The summed E-state index contributed by atoms with van der Waals surface area (Å²) < 4.78 is 39.0. The lowest BCUT2D eigenvalue weighted by molar-refractivity contribution is -0.137. The lowest BCUT2D eigenvalue weighted by Crippen LogP contribution is -2.36. The maximum Gasteiger partial charge on any atom is 0.416 e. The number of amides is 1. The van der Waals surface area contributed by atoms with Crippen molar-refractivity contribution in [3.63, 3.8) is 0 Å². The van der Waals surface area contributed by atoms with E-state index in [0.29, 0.717) is 36.4 Å². The SMILES string of the molecule is Cc1cc(C(=O)NCC2CCC(NCc3cccc(C)c3O)CC2)cc(C(F)(F)F)c1. The molecule has 4 nitrogen and oxygen atoms in total. The fourth-order valence-corrected chi connectivity index (χ4v) is 4.10. The van der Waals surface area contributed by atoms with E-state index >= 15 is 0 Å². The second-order valence-corrected chi connectivity index (χ2v) is 8.48. The topological polar surface area (TPSA) is 61.4 Å². The van der Waals surface area contributed by atoms with Crippen LogP contribution in [0.2, 0.25) is 0 Å². The Balaban J connectivity index is 1.46. The maximum atomic E-state index is 13.0. The molecule has 3 rings (SSSR count). The van der Waals surface area contributed by atoms with Crippen LogP contribution in [-0.4, -0.2) is 23.6 Å². The Morgan fingerprint density at radius 3 is 2.48 bits per heavy atom. The van der Waals surface area contributed by atoms with Crippen LogP contribution in [0.5, 0.6) is 5.75 Å². The molecular formula is C24H29F3N2O2. The molecule has 1 saturated carbocycles. The Hall–Kier alpha value is -2.54. The lowest BCUT2D eigenvalue weighted by atomic mass is 9.86. The van der Waals surface area contributed by atoms with Crippen molar-refractivity contribution in [2.24, 2.45) is 5.92 Å². The van der Waals surface area contributed by atoms with E-state index in [4.69, 9.17) is 0 Å². The predicted octanol–water partition coefficient (Wildman–Crippen LogP) is 5.11. The van der Waals surface area contributed by atoms with Gasteiger partial charge < -0.3 is 15.7 Å². The molecule has 0 unspecified atom stereocenters. The fraction of sp³-hybridized carbons (Fsp3) is 0.458. The Morgan fingerprint density at radius 2 is 1.81 bits per heavy atom. The average Bonchev–Trinajstić information content (AvgIpc) is 2.72. The van der Waals surface area contributed by atoms with E-state index in [0.717, 1.165) is 48.9 Å². The summed E-state index contributed by atoms with van der Waals surface area (Å²) in [6, 6.07) is 9.48. The number of rotatable bonds is 6. The van der Waals surface area contributed by atoms with Crippen molar-refractivity contribution in [3.05, 3.63) is 64.2 Å². The first-order valence-corrected chi connectivity index (χ1v) is 10.6. The Morgan fingerprint density at radius 1 is 1.10 bits per heavy atom. The summed E-state index contributed by atoms with van der Waals surface area (Å²) in [6.45, 7) is 4.49. The molecule has 0 aliphatic heterocycles. The smallest absolute Gasteiger partial charge is 0.416 e. The highest BCUT2D eigenvalue weighted by Crippen LogP contribution is 2.31. The van der Waals surface area contributed by atoms with Gasteiger partial charge in [0.05, 0.1) is 5.56 Å². The molecule has 1 aliphatic rings. The zero-order valence-electron chi connectivity index (χ0n) is 17.9. The summed E-state index contributed by atoms with van der Waals surface area (Å²) in [5.74, 6) is 0.168. The monoisotopic (exact) mass is 434 g/mol. The van der Waals surface area contributed by atoms with Crippen molar-refractivity contribution in [1.29, 1.82) is 0 Å². The van der Waals surface area contributed by atoms with Crippen LogP contribution in [0.3, 0.4) is 0 Å². The van der Waals surface area contributed by atoms with Gasteiger partial charge >= 0.3 is 6.18 Å². The highest BCUT2D eigenvalue weighted by molar-refractivity contribution is 5.94. The van der Waals surface area contributed by atoms with E-state index in [1.54, 1.807) is 6.92 Å². The molecule has 0 bridgehead atoms. The van der Waals surface area contributed by atoms with Crippen LogP contribution in [0.4, 0.5) is 13.2 Å². The van der Waals surface area contributed by atoms with Crippen molar-refractivity contribution < 1.29 is 23.1 Å². The third kappa shape index (κ3) is 6.23. The number of nitrogens with one attached hydrogen (secondary N) is 2. The first-order valence-electron chi connectivity index (χ1n) is 10.6. The summed E-state index contributed by atoms with van der Waals surface area (Å²) in [6.07, 6.45) is -0.702. The highest BCUT2D eigenvalue weighted by atomic mass is 19.4. The number of hydrogen-bond acceptors (Lipinski definition) is 3. The van der Waals surface area contributed by atoms with Gasteiger partial charge in [-0.1, -0.05) is 18.2 Å². The summed E-state index contributed by atoms with van der Waals surface area (Å²) in [7, 11) is 0. The van der Waals surface area contributed by atoms with E-state index in [1.807, 2.05) is 25.1 Å². The number of phenolic OH excluding ortho intramolecular Hbond substituents is 1. The minimum Gasteiger partial charge on any atom is -0.507 e. The Labute approximate surface area is 180 Å². The van der Waals surface area contributed by atoms with Crippen LogP contribution in [0.1, 0.15) is 58.3 Å². The van der Waals surface area contributed by atoms with E-state index < -0.39 is 17.6 Å². The summed E-state index contributed by atoms with van der Waals surface area (Å²) in [5.41, 5.74) is 1.39. The standard InChI is InChI=1S/C24H29F3N2O2/c1-15-10-19(12-20(11-15)24(25,26)27)23(31)29-13-17-6-8-21(9-7-17)28-14-18-5-3-4-16(2)22(18)30/h3-5,10-12,17,21,28,30H,6-9,13-14H2,1-2H3,(H,29,31). The van der Waals surface area contributed by atoms with Gasteiger partial charge in [0.15, 0.2) is 0 Å². The van der Waals surface area contributed by atoms with E-state index in [2.05, 4.69) is 10.6 Å². The molecule has 0 radical (unpaired) electrons. The van der Waals surface area contributed by atoms with Gasteiger partial charge in [-0.3, -0.25) is 4.79 Å². The van der Waals surface area contributed by atoms with Crippen molar-refractivity contribution in [2.45, 2.75) is 58.3 Å². The van der Waals surface area contributed by atoms with Gasteiger partial charge in [-0.25, -0.2) is 0 Å². The number of para-hydroxylation sites is 1. The fourth-order valence-electron chi connectivity index (χ4n) is 4.10. The number of phenols is 1. The zero-order chi connectivity index (χ0) is 22.6. The molecule has 0 aromatic heterocycles. The summed E-state index contributed by atoms with van der Waals surface area (Å²) >= 11 is 0. The number of carbonyl (C=O) groups excluding carboxylic acids is 1. The van der Waals surface area contributed by atoms with Gasteiger partial charge in [0.25, 0.3) is 5.91 Å². The predicted molar refractivity (Wildman–Crippen MR) is 114 cm³/mol. The number of aryl methyl sites for hydroxylation is 2. The molecule has 7 heteroatoms. The first-order chi connectivity index (χ1) is 14.6. The minimum absolute atomic E-state index is 0.0423. The zero-order valence-corrected chi connectivity index (χ0v) is 17.9. The third-order valence-corrected chi connectivity index (χ3v) is 5.97. The van der Waals surface area contributed by atoms with Crippen LogP contribution in [-0.2, 0) is 12.7 Å². The lowest BCUT2D eigenvalue weighted by Gasteiger charge is -2.29. The molecule has 1 aliphatic carbocycles. The number of carbonyl (C=O) groups is 1. The van der Waals surface area contributed by atoms with Crippen LogP contribution in [0.25, 0.3) is 0 Å². The molecule has 3 N–H and O–H groups in total. The van der Waals surface area contributed by atoms with Gasteiger partial charge in [0.1, 0.15) is 5.75 Å². The van der Waals surface area contributed by atoms with Crippen molar-refractivity contribution in [2.75, 3.05) is 6.54 Å². The second kappa shape index (κ2) is 9.73. The van der Waals surface area contributed by atoms with Gasteiger partial charge in [-0.2, -0.15) is 13.2 Å². The van der Waals surface area contributed by atoms with Crippen molar-refractivity contribution >= 4 is 5.91 Å². The molecule has 0 spiro atoms. The summed E-state index contributed by atoms with van der Waals surface area (Å²) in [4.78, 5) is 12.4. The molecule has 1 fully saturated rings. The quantitative estimate of drug-likeness (QED) is 0.592. The first kappa shape index (κ1) is 23.1. The third-order valence-electron chi connectivity index (χ3n) is 5.97. The largest absolute Gasteiger partial charge is 0.507 e. The van der Waals surface area contributed by atoms with Crippen LogP contribution >= 0.6 is 0 Å². The number of halogens is 3. The number of hydrogen-bond donors (Lipinski definition) is 3. The molecular weight excluding hydrogens is 405 g/mol. The molecule has 0 heterocycles. The molecule has 31 heavy (non-hydrogen) atoms. The number of alkyl halides is 3. The van der Waals surface area contributed by atoms with E-state index in [9.17, 15) is 23.1 Å². The van der Waals surface area contributed by atoms with Crippen molar-refractivity contribution in [3.8, 4) is 5.75 Å². The van der Waals surface area contributed by atoms with E-state index in [-0.39, 0.29) is 5.56 Å². The molecule has 1 amide bonds. The van der Waals surface area contributed by atoms with Gasteiger partial charge in [0, 0.05) is 30.3 Å². The van der Waals surface area contributed by atoms with Crippen LogP contribution < -0.4 is 10.6 Å². The molecule has 168 valence electrons. The van der Waals surface area contributed by atoms with Gasteiger partial charge in [0.2, 0.25) is 0 Å². The number of benzene rings is 2. The normalized spacial score (nSPS) is 19.3. The molecule has 2 aromatic carbocycles. The van der Waals surface area contributed by atoms with Gasteiger partial charge in [-0.15, -0.1) is 0 Å².